The van der Waals surface area contributed by atoms with Crippen molar-refractivity contribution in [1.82, 2.24) is 14.5 Å². The number of halogens is 1. The number of carbonyl (C=O) groups excluding carboxylic acids is 1. The molecule has 21 heavy (non-hydrogen) atoms. The minimum Gasteiger partial charge on any atom is -0.341 e. The number of alkyl halides is 1. The Kier molecular flexibility index (Phi) is 4.15. The highest BCUT2D eigenvalue weighted by molar-refractivity contribution is 6.30. The number of para-hydroxylation sites is 2. The number of rotatable bonds is 3. The summed E-state index contributed by atoms with van der Waals surface area (Å²) in [5, 5.41) is -0.417. The Labute approximate surface area is 129 Å². The number of fused-ring (bicyclic) bond motifs is 1. The molecule has 1 saturated heterocycles. The zero-order valence-electron chi connectivity index (χ0n) is 12.2. The average molecular weight is 306 g/mol. The Balaban J connectivity index is 1.62. The highest BCUT2D eigenvalue weighted by Gasteiger charge is 2.25. The van der Waals surface area contributed by atoms with Gasteiger partial charge in [-0.3, -0.25) is 4.79 Å². The summed E-state index contributed by atoms with van der Waals surface area (Å²) < 4.78 is 2.22. The van der Waals surface area contributed by atoms with Crippen molar-refractivity contribution in [3.05, 3.63) is 30.6 Å². The first kappa shape index (κ1) is 14.4. The van der Waals surface area contributed by atoms with Crippen molar-refractivity contribution in [2.75, 3.05) is 13.1 Å². The number of nitrogens with zero attached hydrogens (tertiary/aromatic N) is 3. The predicted octanol–water partition coefficient (Wildman–Crippen LogP) is 2.90. The first-order chi connectivity index (χ1) is 10.1. The van der Waals surface area contributed by atoms with Crippen LogP contribution in [-0.4, -0.2) is 38.8 Å². The van der Waals surface area contributed by atoms with Gasteiger partial charge in [-0.15, -0.1) is 11.6 Å². The van der Waals surface area contributed by atoms with E-state index in [1.54, 1.807) is 6.92 Å². The Bertz CT molecular complexity index is 629. The second-order valence-electron chi connectivity index (χ2n) is 5.77. The number of aromatic nitrogens is 2. The first-order valence-corrected chi connectivity index (χ1v) is 7.91. The molecule has 1 unspecified atom stereocenters. The van der Waals surface area contributed by atoms with Gasteiger partial charge in [-0.25, -0.2) is 4.98 Å². The van der Waals surface area contributed by atoms with Gasteiger partial charge in [0.2, 0.25) is 5.91 Å². The van der Waals surface area contributed by atoms with Gasteiger partial charge in [0.05, 0.1) is 17.4 Å². The van der Waals surface area contributed by atoms with Crippen LogP contribution < -0.4 is 0 Å². The minimum absolute atomic E-state index is 0.0585. The van der Waals surface area contributed by atoms with Gasteiger partial charge in [-0.05, 0) is 37.8 Å². The molecule has 0 N–H and O–H groups in total. The number of likely N-dealkylation sites (tertiary alicyclic amines) is 1. The molecule has 2 aromatic rings. The number of hydrogen-bond donors (Lipinski definition) is 0. The molecule has 0 bridgehead atoms. The predicted molar refractivity (Wildman–Crippen MR) is 84.4 cm³/mol. The van der Waals surface area contributed by atoms with Gasteiger partial charge < -0.3 is 9.47 Å². The van der Waals surface area contributed by atoms with E-state index in [1.807, 2.05) is 29.4 Å². The minimum atomic E-state index is -0.417. The fraction of sp³-hybridized carbons (Fsp3) is 0.500. The molecule has 0 spiro atoms. The quantitative estimate of drug-likeness (QED) is 0.818. The summed E-state index contributed by atoms with van der Waals surface area (Å²) in [7, 11) is 0. The van der Waals surface area contributed by atoms with E-state index in [1.165, 1.54) is 5.52 Å². The third-order valence-electron chi connectivity index (χ3n) is 4.25. The largest absolute Gasteiger partial charge is 0.341 e. The van der Waals surface area contributed by atoms with E-state index in [2.05, 4.69) is 15.6 Å². The molecule has 1 aliphatic heterocycles. The van der Waals surface area contributed by atoms with Crippen molar-refractivity contribution < 1.29 is 4.79 Å². The van der Waals surface area contributed by atoms with E-state index in [4.69, 9.17) is 11.6 Å². The summed E-state index contributed by atoms with van der Waals surface area (Å²) in [5.74, 6) is 0.653. The molecule has 1 amide bonds. The molecular formula is C16H20ClN3O. The van der Waals surface area contributed by atoms with Crippen LogP contribution in [0.2, 0.25) is 0 Å². The van der Waals surface area contributed by atoms with Crippen LogP contribution in [0, 0.1) is 5.92 Å². The van der Waals surface area contributed by atoms with Gasteiger partial charge in [-0.2, -0.15) is 0 Å². The topological polar surface area (TPSA) is 38.1 Å². The Hall–Kier alpha value is -1.55. The fourth-order valence-electron chi connectivity index (χ4n) is 3.02. The van der Waals surface area contributed by atoms with Crippen molar-refractivity contribution >= 4 is 28.5 Å². The van der Waals surface area contributed by atoms with Gasteiger partial charge in [0.15, 0.2) is 0 Å². The van der Waals surface area contributed by atoms with Crippen molar-refractivity contribution in [1.29, 1.82) is 0 Å². The number of hydrogen-bond acceptors (Lipinski definition) is 2. The van der Waals surface area contributed by atoms with Crippen molar-refractivity contribution in [3.8, 4) is 0 Å². The molecule has 112 valence electrons. The van der Waals surface area contributed by atoms with Gasteiger partial charge in [0.1, 0.15) is 5.38 Å². The zero-order chi connectivity index (χ0) is 14.8. The lowest BCUT2D eigenvalue weighted by Gasteiger charge is -2.32. The Morgan fingerprint density at radius 3 is 2.81 bits per heavy atom. The molecular weight excluding hydrogens is 286 g/mol. The molecule has 5 heteroatoms. The molecule has 1 aliphatic rings. The van der Waals surface area contributed by atoms with Crippen molar-refractivity contribution in [3.63, 3.8) is 0 Å². The molecule has 1 atom stereocenters. The van der Waals surface area contributed by atoms with Crippen molar-refractivity contribution in [2.45, 2.75) is 31.7 Å². The van der Waals surface area contributed by atoms with Crippen LogP contribution in [0.5, 0.6) is 0 Å². The summed E-state index contributed by atoms with van der Waals surface area (Å²) in [4.78, 5) is 18.2. The van der Waals surface area contributed by atoms with E-state index in [0.29, 0.717) is 5.92 Å². The Morgan fingerprint density at radius 2 is 2.10 bits per heavy atom. The molecule has 1 aromatic carbocycles. The molecule has 4 nitrogen and oxygen atoms in total. The lowest BCUT2D eigenvalue weighted by Crippen LogP contribution is -2.42. The number of amides is 1. The molecule has 0 saturated carbocycles. The van der Waals surface area contributed by atoms with Crippen LogP contribution in [0.1, 0.15) is 19.8 Å². The van der Waals surface area contributed by atoms with Crippen LogP contribution in [0.4, 0.5) is 0 Å². The molecule has 1 aromatic heterocycles. The van der Waals surface area contributed by atoms with Gasteiger partial charge in [-0.1, -0.05) is 12.1 Å². The first-order valence-electron chi connectivity index (χ1n) is 7.48. The highest BCUT2D eigenvalue weighted by Crippen LogP contribution is 2.22. The number of imidazole rings is 1. The Morgan fingerprint density at radius 1 is 1.38 bits per heavy atom. The highest BCUT2D eigenvalue weighted by atomic mass is 35.5. The van der Waals surface area contributed by atoms with Crippen LogP contribution in [0.3, 0.4) is 0 Å². The number of carbonyl (C=O) groups is 1. The second-order valence-corrected chi connectivity index (χ2v) is 6.42. The maximum atomic E-state index is 11.9. The molecule has 2 heterocycles. The summed E-state index contributed by atoms with van der Waals surface area (Å²) in [6, 6.07) is 8.20. The fourth-order valence-corrected chi connectivity index (χ4v) is 3.16. The lowest BCUT2D eigenvalue weighted by molar-refractivity contribution is -0.131. The molecule has 0 aliphatic carbocycles. The van der Waals surface area contributed by atoms with Crippen LogP contribution >= 0.6 is 11.6 Å². The zero-order valence-corrected chi connectivity index (χ0v) is 13.0. The maximum absolute atomic E-state index is 11.9. The normalized spacial score (nSPS) is 18.1. The van der Waals surface area contributed by atoms with E-state index >= 15 is 0 Å². The summed E-state index contributed by atoms with van der Waals surface area (Å²) >= 11 is 5.87. The van der Waals surface area contributed by atoms with Crippen LogP contribution in [0.25, 0.3) is 11.0 Å². The van der Waals surface area contributed by atoms with Gasteiger partial charge >= 0.3 is 0 Å². The summed E-state index contributed by atoms with van der Waals surface area (Å²) in [6.07, 6.45) is 3.98. The number of piperidine rings is 1. The van der Waals surface area contributed by atoms with E-state index in [-0.39, 0.29) is 5.91 Å². The third kappa shape index (κ3) is 3.05. The smallest absolute Gasteiger partial charge is 0.240 e. The average Bonchev–Trinajstić information content (AvgIpc) is 2.91. The monoisotopic (exact) mass is 305 g/mol. The molecule has 1 fully saturated rings. The van der Waals surface area contributed by atoms with Gasteiger partial charge in [0.25, 0.3) is 0 Å². The molecule has 3 rings (SSSR count). The van der Waals surface area contributed by atoms with E-state index < -0.39 is 5.38 Å². The number of benzene rings is 1. The van der Waals surface area contributed by atoms with Crippen molar-refractivity contribution in [2.24, 2.45) is 5.92 Å². The van der Waals surface area contributed by atoms with Gasteiger partial charge in [0, 0.05) is 19.6 Å². The van der Waals surface area contributed by atoms with Crippen LogP contribution in [-0.2, 0) is 11.3 Å². The standard InChI is InChI=1S/C16H20ClN3O/c1-12(17)16(21)19-8-6-13(7-9-19)10-20-11-18-14-4-2-3-5-15(14)20/h2-5,11-13H,6-10H2,1H3. The maximum Gasteiger partial charge on any atom is 0.240 e. The second kappa shape index (κ2) is 6.06. The summed E-state index contributed by atoms with van der Waals surface area (Å²) in [5.41, 5.74) is 2.23. The SMILES string of the molecule is CC(Cl)C(=O)N1CCC(Cn2cnc3ccccc32)CC1. The van der Waals surface area contributed by atoms with E-state index in [0.717, 1.165) is 38.0 Å². The lowest BCUT2D eigenvalue weighted by atomic mass is 9.96. The van der Waals surface area contributed by atoms with Crippen LogP contribution in [0.15, 0.2) is 30.6 Å². The summed E-state index contributed by atoms with van der Waals surface area (Å²) in [6.45, 7) is 4.34. The van der Waals surface area contributed by atoms with E-state index in [9.17, 15) is 4.79 Å². The third-order valence-corrected chi connectivity index (χ3v) is 4.44. The molecule has 0 radical (unpaired) electrons.